The predicted octanol–water partition coefficient (Wildman–Crippen LogP) is 2.96. The summed E-state index contributed by atoms with van der Waals surface area (Å²) in [5, 5.41) is 0. The van der Waals surface area contributed by atoms with Crippen molar-refractivity contribution in [1.29, 1.82) is 0 Å². The van der Waals surface area contributed by atoms with E-state index in [0.717, 1.165) is 5.56 Å². The molecule has 0 fully saturated rings. The third kappa shape index (κ3) is 3.29. The number of methoxy groups -OCH3 is 1. The molecule has 0 aliphatic rings. The maximum Gasteiger partial charge on any atom is 0.265 e. The number of anilines is 1. The van der Waals surface area contributed by atoms with E-state index < -0.39 is 10.0 Å². The fourth-order valence-electron chi connectivity index (χ4n) is 1.68. The number of aryl methyl sites for hydroxylation is 1. The molecule has 0 saturated heterocycles. The largest absolute Gasteiger partial charge is 0.495 e. The van der Waals surface area contributed by atoms with Crippen molar-refractivity contribution in [2.24, 2.45) is 0 Å². The van der Waals surface area contributed by atoms with Gasteiger partial charge in [0.1, 0.15) is 10.6 Å². The number of sulfonamides is 1. The summed E-state index contributed by atoms with van der Waals surface area (Å²) >= 11 is 3.25. The molecule has 0 spiro atoms. The van der Waals surface area contributed by atoms with Gasteiger partial charge >= 0.3 is 0 Å². The van der Waals surface area contributed by atoms with E-state index in [1.54, 1.807) is 24.4 Å². The van der Waals surface area contributed by atoms with Crippen molar-refractivity contribution in [2.75, 3.05) is 11.8 Å². The number of ether oxygens (including phenoxy) is 1. The zero-order chi connectivity index (χ0) is 14.8. The Hall–Kier alpha value is -1.60. The lowest BCUT2D eigenvalue weighted by Gasteiger charge is -2.12. The van der Waals surface area contributed by atoms with Crippen LogP contribution in [0, 0.1) is 6.92 Å². The van der Waals surface area contributed by atoms with Crippen molar-refractivity contribution in [1.82, 2.24) is 4.98 Å². The molecule has 0 saturated carbocycles. The Labute approximate surface area is 126 Å². The standard InChI is InChI=1S/C13H13BrN2O3S/c1-9-5-11(8-15-7-9)16-20(17,18)13-6-10(14)3-4-12(13)19-2/h3-8,16H,1-2H3. The molecule has 0 aliphatic heterocycles. The molecule has 0 unspecified atom stereocenters. The average molecular weight is 357 g/mol. The Balaban J connectivity index is 2.43. The summed E-state index contributed by atoms with van der Waals surface area (Å²) in [6, 6.07) is 6.50. The highest BCUT2D eigenvalue weighted by atomic mass is 79.9. The van der Waals surface area contributed by atoms with E-state index in [0.29, 0.717) is 10.2 Å². The second-order valence-electron chi connectivity index (χ2n) is 4.15. The van der Waals surface area contributed by atoms with Gasteiger partial charge in [0.05, 0.1) is 19.0 Å². The molecule has 0 aliphatic carbocycles. The number of benzene rings is 1. The summed E-state index contributed by atoms with van der Waals surface area (Å²) in [5.41, 5.74) is 1.28. The highest BCUT2D eigenvalue weighted by Gasteiger charge is 2.20. The highest BCUT2D eigenvalue weighted by Crippen LogP contribution is 2.28. The second kappa shape index (κ2) is 5.80. The zero-order valence-corrected chi connectivity index (χ0v) is 13.3. The molecule has 0 amide bonds. The molecular weight excluding hydrogens is 344 g/mol. The van der Waals surface area contributed by atoms with E-state index >= 15 is 0 Å². The molecular formula is C13H13BrN2O3S. The minimum absolute atomic E-state index is 0.0656. The van der Waals surface area contributed by atoms with Crippen LogP contribution in [0.5, 0.6) is 5.75 Å². The Kier molecular flexibility index (Phi) is 4.29. The lowest BCUT2D eigenvalue weighted by atomic mass is 10.3. The zero-order valence-electron chi connectivity index (χ0n) is 10.9. The molecule has 1 heterocycles. The normalized spacial score (nSPS) is 11.2. The van der Waals surface area contributed by atoms with Crippen molar-refractivity contribution in [3.63, 3.8) is 0 Å². The third-order valence-corrected chi connectivity index (χ3v) is 4.44. The quantitative estimate of drug-likeness (QED) is 0.914. The maximum atomic E-state index is 12.4. The lowest BCUT2D eigenvalue weighted by molar-refractivity contribution is 0.403. The van der Waals surface area contributed by atoms with Gasteiger partial charge in [-0.25, -0.2) is 8.42 Å². The number of nitrogens with one attached hydrogen (secondary N) is 1. The molecule has 5 nitrogen and oxygen atoms in total. The van der Waals surface area contributed by atoms with Crippen LogP contribution in [0.25, 0.3) is 0 Å². The van der Waals surface area contributed by atoms with Crippen LogP contribution in [0.3, 0.4) is 0 Å². The van der Waals surface area contributed by atoms with Crippen molar-refractivity contribution >= 4 is 31.6 Å². The molecule has 0 bridgehead atoms. The Morgan fingerprint density at radius 2 is 2.00 bits per heavy atom. The fourth-order valence-corrected chi connectivity index (χ4v) is 3.42. The third-order valence-electron chi connectivity index (χ3n) is 2.54. The number of pyridine rings is 1. The van der Waals surface area contributed by atoms with Crippen molar-refractivity contribution < 1.29 is 13.2 Å². The molecule has 20 heavy (non-hydrogen) atoms. The van der Waals surface area contributed by atoms with Gasteiger partial charge in [0, 0.05) is 10.7 Å². The monoisotopic (exact) mass is 356 g/mol. The smallest absolute Gasteiger partial charge is 0.265 e. The van der Waals surface area contributed by atoms with Gasteiger partial charge in [0.15, 0.2) is 0 Å². The van der Waals surface area contributed by atoms with Crippen LogP contribution in [0.1, 0.15) is 5.56 Å². The SMILES string of the molecule is COc1ccc(Br)cc1S(=O)(=O)Nc1cncc(C)c1. The summed E-state index contributed by atoms with van der Waals surface area (Å²) in [4.78, 5) is 4.02. The first-order valence-corrected chi connectivity index (χ1v) is 7.98. The van der Waals surface area contributed by atoms with Crippen molar-refractivity contribution in [3.05, 3.63) is 46.7 Å². The van der Waals surface area contributed by atoms with Crippen molar-refractivity contribution in [3.8, 4) is 5.75 Å². The Morgan fingerprint density at radius 1 is 1.25 bits per heavy atom. The van der Waals surface area contributed by atoms with E-state index in [9.17, 15) is 8.42 Å². The van der Waals surface area contributed by atoms with Gasteiger partial charge in [-0.15, -0.1) is 0 Å². The highest BCUT2D eigenvalue weighted by molar-refractivity contribution is 9.10. The van der Waals surface area contributed by atoms with Gasteiger partial charge in [-0.3, -0.25) is 9.71 Å². The summed E-state index contributed by atoms with van der Waals surface area (Å²) in [6.45, 7) is 1.84. The molecule has 2 rings (SSSR count). The van der Waals surface area contributed by atoms with Gasteiger partial charge in [0.25, 0.3) is 10.0 Å². The molecule has 0 radical (unpaired) electrons. The number of aromatic nitrogens is 1. The first-order chi connectivity index (χ1) is 9.42. The van der Waals surface area contributed by atoms with E-state index in [1.165, 1.54) is 19.4 Å². The maximum absolute atomic E-state index is 12.4. The summed E-state index contributed by atoms with van der Waals surface area (Å²) in [6.07, 6.45) is 3.10. The molecule has 1 aromatic carbocycles. The van der Waals surface area contributed by atoms with Gasteiger partial charge in [-0.1, -0.05) is 15.9 Å². The number of nitrogens with zero attached hydrogens (tertiary/aromatic N) is 1. The Bertz CT molecular complexity index is 732. The molecule has 7 heteroatoms. The average Bonchev–Trinajstić information content (AvgIpc) is 2.38. The lowest BCUT2D eigenvalue weighted by Crippen LogP contribution is -2.14. The molecule has 106 valence electrons. The van der Waals surface area contributed by atoms with Gasteiger partial charge < -0.3 is 4.74 Å². The summed E-state index contributed by atoms with van der Waals surface area (Å²) < 4.78 is 33.0. The van der Waals surface area contributed by atoms with Gasteiger partial charge in [0.2, 0.25) is 0 Å². The van der Waals surface area contributed by atoms with Crippen LogP contribution in [-0.4, -0.2) is 20.5 Å². The van der Waals surface area contributed by atoms with Crippen LogP contribution in [0.15, 0.2) is 46.0 Å². The first-order valence-electron chi connectivity index (χ1n) is 5.70. The molecule has 2 aromatic rings. The predicted molar refractivity (Wildman–Crippen MR) is 80.5 cm³/mol. The molecule has 1 aromatic heterocycles. The van der Waals surface area contributed by atoms with Crippen LogP contribution in [0.2, 0.25) is 0 Å². The van der Waals surface area contributed by atoms with Crippen LogP contribution in [0.4, 0.5) is 5.69 Å². The summed E-state index contributed by atoms with van der Waals surface area (Å²) in [7, 11) is -2.31. The number of hydrogen-bond donors (Lipinski definition) is 1. The number of halogens is 1. The van der Waals surface area contributed by atoms with E-state index in [4.69, 9.17) is 4.74 Å². The van der Waals surface area contributed by atoms with Gasteiger partial charge in [-0.05, 0) is 36.8 Å². The topological polar surface area (TPSA) is 68.3 Å². The number of rotatable bonds is 4. The second-order valence-corrected chi connectivity index (χ2v) is 6.72. The van der Waals surface area contributed by atoms with Crippen LogP contribution >= 0.6 is 15.9 Å². The van der Waals surface area contributed by atoms with Gasteiger partial charge in [-0.2, -0.15) is 0 Å². The Morgan fingerprint density at radius 3 is 2.65 bits per heavy atom. The molecule has 0 atom stereocenters. The van der Waals surface area contributed by atoms with Crippen LogP contribution < -0.4 is 9.46 Å². The van der Waals surface area contributed by atoms with E-state index in [1.807, 2.05) is 6.92 Å². The minimum Gasteiger partial charge on any atom is -0.495 e. The van der Waals surface area contributed by atoms with E-state index in [2.05, 4.69) is 25.6 Å². The van der Waals surface area contributed by atoms with Crippen molar-refractivity contribution in [2.45, 2.75) is 11.8 Å². The fraction of sp³-hybridized carbons (Fsp3) is 0.154. The van der Waals surface area contributed by atoms with E-state index in [-0.39, 0.29) is 10.6 Å². The van der Waals surface area contributed by atoms with Crippen LogP contribution in [-0.2, 0) is 10.0 Å². The first kappa shape index (κ1) is 14.8. The minimum atomic E-state index is -3.74. The number of hydrogen-bond acceptors (Lipinski definition) is 4. The molecule has 1 N–H and O–H groups in total. The summed E-state index contributed by atoms with van der Waals surface area (Å²) in [5.74, 6) is 0.279.